The van der Waals surface area contributed by atoms with Gasteiger partial charge in [-0.15, -0.1) is 5.10 Å². The van der Waals surface area contributed by atoms with Gasteiger partial charge in [-0.25, -0.2) is 9.48 Å². The molecule has 4 aliphatic rings. The van der Waals surface area contributed by atoms with Gasteiger partial charge in [-0.1, -0.05) is 77.9 Å². The molecule has 1 amide bonds. The van der Waals surface area contributed by atoms with Crippen LogP contribution in [0.15, 0.2) is 53.9 Å². The molecule has 2 saturated heterocycles. The van der Waals surface area contributed by atoms with Crippen LogP contribution in [0.2, 0.25) is 0 Å². The van der Waals surface area contributed by atoms with E-state index in [1.165, 1.54) is 67.3 Å². The van der Waals surface area contributed by atoms with Gasteiger partial charge in [0, 0.05) is 68.1 Å². The first-order valence-electron chi connectivity index (χ1n) is 28.1. The van der Waals surface area contributed by atoms with Gasteiger partial charge in [-0.05, 0) is 117 Å². The molecule has 0 spiro atoms. The minimum Gasteiger partial charge on any atom is -0.460 e. The molecule has 3 aliphatic heterocycles. The fourth-order valence-corrected chi connectivity index (χ4v) is 10.1. The number of carbonyl (C=O) groups is 5. The predicted octanol–water partition coefficient (Wildman–Crippen LogP) is 6.29. The molecule has 1 aromatic heterocycles. The van der Waals surface area contributed by atoms with Gasteiger partial charge >= 0.3 is 5.97 Å². The highest BCUT2D eigenvalue weighted by molar-refractivity contribution is 6.39. The SMILES string of the molecule is [2H]C([2H])([2H])[C@@H]1/C=C(\C)[C@@H](O)[C@@H](OC)C(=O)[C@H](C)C([2H])(C)[C@]([2H])(C)/C=C/C=C/C=C(\C)[C@@H](OC)C[C@@H]2CC([2H])([2H])[C@@H](C)[C@@](O)(O2)C(=O)C(=O)N2CCCC[C@H]2C(=O)O[C@H]([C@H](C)C[C@@H]2CC[C@H](n3cnnn3)[C@H](OC)C2)CC1=O. The Kier molecular flexibility index (Phi) is 17.3. The number of esters is 1. The summed E-state index contributed by atoms with van der Waals surface area (Å²) >= 11 is 0. The first kappa shape index (κ1) is 46.8. The smallest absolute Gasteiger partial charge is 0.329 e. The van der Waals surface area contributed by atoms with E-state index in [0.29, 0.717) is 44.1 Å². The molecule has 1 aromatic rings. The van der Waals surface area contributed by atoms with Gasteiger partial charge < -0.3 is 38.8 Å². The van der Waals surface area contributed by atoms with Gasteiger partial charge in [-0.2, -0.15) is 0 Å². The molecule has 0 radical (unpaired) electrons. The van der Waals surface area contributed by atoms with Crippen molar-refractivity contribution in [3.05, 3.63) is 53.9 Å². The van der Waals surface area contributed by atoms with Crippen LogP contribution in [-0.2, 0) is 47.7 Å². The van der Waals surface area contributed by atoms with E-state index in [2.05, 4.69) is 15.5 Å². The molecular formula is C53H81N5O12. The lowest BCUT2D eigenvalue weighted by Gasteiger charge is -2.42. The van der Waals surface area contributed by atoms with Crippen molar-refractivity contribution < 1.29 is 67.5 Å². The number of hydrogen-bond acceptors (Lipinski definition) is 15. The number of nitrogens with zero attached hydrogens (tertiary/aromatic N) is 5. The Labute approximate surface area is 424 Å². The zero-order valence-electron chi connectivity index (χ0n) is 49.5. The van der Waals surface area contributed by atoms with E-state index < -0.39 is 127 Å². The maximum Gasteiger partial charge on any atom is 0.329 e. The summed E-state index contributed by atoms with van der Waals surface area (Å²) in [4.78, 5) is 73.5. The number of aliphatic hydroxyl groups is 2. The van der Waals surface area contributed by atoms with Crippen molar-refractivity contribution in [2.24, 2.45) is 41.4 Å². The summed E-state index contributed by atoms with van der Waals surface area (Å²) in [6.45, 7) is 7.26. The van der Waals surface area contributed by atoms with Gasteiger partial charge in [-0.3, -0.25) is 19.2 Å². The number of ketones is 3. The molecule has 16 atom stereocenters. The number of tetrazole rings is 1. The lowest BCUT2D eigenvalue weighted by molar-refractivity contribution is -0.265. The predicted molar refractivity (Wildman–Crippen MR) is 261 cm³/mol. The number of Topliss-reactive ketones (excluding diaryl/α,β-unsaturated/α-hetero) is 3. The van der Waals surface area contributed by atoms with Gasteiger partial charge in [0.05, 0.1) is 24.4 Å². The number of cyclic esters (lactones) is 1. The second kappa shape index (κ2) is 25.9. The number of fused-ring (bicyclic) bond motifs is 3. The van der Waals surface area contributed by atoms with Crippen molar-refractivity contribution in [2.75, 3.05) is 27.9 Å². The van der Waals surface area contributed by atoms with Crippen molar-refractivity contribution in [2.45, 2.75) is 180 Å². The number of methoxy groups -OCH3 is 3. The molecule has 5 rings (SSSR count). The van der Waals surface area contributed by atoms with E-state index in [1.54, 1.807) is 43.9 Å². The van der Waals surface area contributed by atoms with Gasteiger partial charge in [0.1, 0.15) is 36.5 Å². The molecular weight excluding hydrogens is 899 g/mol. The molecule has 2 bridgehead atoms. The third kappa shape index (κ3) is 13.8. The normalized spacial score (nSPS) is 43.9. The summed E-state index contributed by atoms with van der Waals surface area (Å²) in [6.07, 6.45) is 3.25. The third-order valence-electron chi connectivity index (χ3n) is 15.0. The Hall–Kier alpha value is -4.26. The minimum atomic E-state index is -3.03. The summed E-state index contributed by atoms with van der Waals surface area (Å²) in [5, 5.41) is 35.4. The molecule has 0 aromatic carbocycles. The highest BCUT2D eigenvalue weighted by atomic mass is 16.6. The number of piperidine rings is 1. The molecule has 1 unspecified atom stereocenters. The van der Waals surface area contributed by atoms with E-state index in [0.717, 1.165) is 11.0 Å². The maximum absolute atomic E-state index is 14.7. The Bertz CT molecular complexity index is 2360. The van der Waals surface area contributed by atoms with Gasteiger partial charge in [0.2, 0.25) is 5.79 Å². The first-order valence-corrected chi connectivity index (χ1v) is 24.6. The van der Waals surface area contributed by atoms with Gasteiger partial charge in [0.15, 0.2) is 5.78 Å². The van der Waals surface area contributed by atoms with Crippen LogP contribution in [0, 0.1) is 41.4 Å². The number of rotatable bonds is 7. The monoisotopic (exact) mass is 987 g/mol. The fraction of sp³-hybridized carbons (Fsp3) is 0.736. The van der Waals surface area contributed by atoms with E-state index in [-0.39, 0.29) is 49.4 Å². The Balaban J connectivity index is 1.59. The molecule has 1 saturated carbocycles. The fourth-order valence-electron chi connectivity index (χ4n) is 10.1. The van der Waals surface area contributed by atoms with Crippen LogP contribution < -0.4 is 0 Å². The second-order valence-electron chi connectivity index (χ2n) is 19.7. The topological polar surface area (TPSA) is 219 Å². The lowest BCUT2D eigenvalue weighted by atomic mass is 9.77. The quantitative estimate of drug-likeness (QED) is 0.174. The zero-order valence-corrected chi connectivity index (χ0v) is 42.5. The molecule has 390 valence electrons. The number of carbonyl (C=O) groups excluding carboxylic acids is 5. The first-order chi connectivity index (χ1) is 35.9. The van der Waals surface area contributed by atoms with E-state index in [9.17, 15) is 36.9 Å². The summed E-state index contributed by atoms with van der Waals surface area (Å²) in [6, 6.07) is -1.58. The van der Waals surface area contributed by atoms with Crippen molar-refractivity contribution in [3.8, 4) is 0 Å². The Morgan fingerprint density at radius 2 is 1.73 bits per heavy atom. The highest BCUT2D eigenvalue weighted by Gasteiger charge is 2.53. The molecule has 17 heteroatoms. The van der Waals surface area contributed by atoms with E-state index in [1.807, 2.05) is 0 Å². The van der Waals surface area contributed by atoms with E-state index in [4.69, 9.17) is 30.5 Å². The van der Waals surface area contributed by atoms with Crippen molar-refractivity contribution in [1.82, 2.24) is 25.1 Å². The van der Waals surface area contributed by atoms with Crippen LogP contribution in [0.5, 0.6) is 0 Å². The molecule has 70 heavy (non-hydrogen) atoms. The Morgan fingerprint density at radius 3 is 2.40 bits per heavy atom. The number of hydrogen-bond donors (Lipinski definition) is 2. The van der Waals surface area contributed by atoms with Crippen LogP contribution in [0.4, 0.5) is 0 Å². The maximum atomic E-state index is 14.7. The van der Waals surface area contributed by atoms with Crippen LogP contribution in [0.1, 0.15) is 142 Å². The number of allylic oxidation sites excluding steroid dienone is 6. The highest BCUT2D eigenvalue weighted by Crippen LogP contribution is 2.39. The average Bonchev–Trinajstić information content (AvgIpc) is 3.92. The van der Waals surface area contributed by atoms with Crippen molar-refractivity contribution in [3.63, 3.8) is 0 Å². The average molecular weight is 987 g/mol. The molecule has 2 N–H and O–H groups in total. The Morgan fingerprint density at radius 1 is 0.971 bits per heavy atom. The number of aliphatic hydroxyl groups excluding tert-OH is 1. The van der Waals surface area contributed by atoms with Crippen LogP contribution in [0.3, 0.4) is 0 Å². The standard InChI is InChI=1S/C53H81N5O12/c1-31-17-13-12-14-18-32(2)44(66-9)28-40-22-20-36(6)53(65,70-40)50(62)51(63)57-24-16-15-19-42(57)52(64)69-45(34(4)26-39-21-23-41(46(27-39)67-10)58-30-54-55-56-58)29-43(59)33(3)25-35(5)47(60)49(68-11)48(61)38(8)37(31)7/h12-14,17-18,25,30-31,33-34,36-42,44-47,49,60,65H,15-16,19-24,26-29H2,1-11H3/b14-12+,17-13+,32-18+,35-25+/t31-,33-,34-,36-,37?,38-,39+,40+,41+,42+,44+,45+,46-,47-,49-,53-/m1/s1/i3D3,20D2,31D,37D. The third-order valence-corrected chi connectivity index (χ3v) is 15.0. The van der Waals surface area contributed by atoms with Gasteiger partial charge in [0.25, 0.3) is 11.7 Å². The largest absolute Gasteiger partial charge is 0.460 e. The number of ether oxygens (including phenoxy) is 5. The van der Waals surface area contributed by atoms with Crippen molar-refractivity contribution >= 4 is 29.2 Å². The van der Waals surface area contributed by atoms with E-state index >= 15 is 0 Å². The molecule has 17 nitrogen and oxygen atoms in total. The second-order valence-corrected chi connectivity index (χ2v) is 19.7. The summed E-state index contributed by atoms with van der Waals surface area (Å²) in [7, 11) is 4.17. The number of amides is 1. The lowest BCUT2D eigenvalue weighted by Crippen LogP contribution is -2.61. The molecule has 1 aliphatic carbocycles. The summed E-state index contributed by atoms with van der Waals surface area (Å²) in [5.74, 6) is -17.3. The molecule has 3 fully saturated rings. The number of aromatic nitrogens is 4. The summed E-state index contributed by atoms with van der Waals surface area (Å²) in [5.41, 5.74) is 0.522. The molecule has 4 heterocycles. The minimum absolute atomic E-state index is 0.0172. The zero-order chi connectivity index (χ0) is 57.6. The van der Waals surface area contributed by atoms with Crippen LogP contribution >= 0.6 is 0 Å². The summed E-state index contributed by atoms with van der Waals surface area (Å²) < 4.78 is 93.0. The van der Waals surface area contributed by atoms with Crippen LogP contribution in [0.25, 0.3) is 0 Å². The van der Waals surface area contributed by atoms with Crippen molar-refractivity contribution in [1.29, 1.82) is 0 Å². The van der Waals surface area contributed by atoms with Crippen LogP contribution in [-0.4, -0.2) is 141 Å².